The van der Waals surface area contributed by atoms with Gasteiger partial charge in [0.15, 0.2) is 0 Å². The first-order valence-corrected chi connectivity index (χ1v) is 14.2. The molecular weight excluding hydrogens is 494 g/mol. The Morgan fingerprint density at radius 2 is 1.87 bits per heavy atom. The number of rotatable bonds is 8. The molecule has 1 aliphatic heterocycles. The summed E-state index contributed by atoms with van der Waals surface area (Å²) in [5, 5.41) is 4.57. The lowest BCUT2D eigenvalue weighted by atomic mass is 10.0. The molecule has 1 aromatic heterocycles. The average Bonchev–Trinajstić information content (AvgIpc) is 3.38. The van der Waals surface area contributed by atoms with Crippen LogP contribution in [0.25, 0.3) is 0 Å². The largest absolute Gasteiger partial charge is 0.493 e. The Kier molecular flexibility index (Phi) is 10.9. The molecule has 2 aromatic rings. The van der Waals surface area contributed by atoms with E-state index in [2.05, 4.69) is 18.9 Å². The molecule has 0 radical (unpaired) electrons. The number of likely N-dealkylation sites (N-methyl/N-ethyl adjacent to an activating group) is 2. The molecule has 0 saturated heterocycles. The number of aromatic nitrogens is 2. The van der Waals surface area contributed by atoms with Crippen LogP contribution in [0.1, 0.15) is 91.8 Å². The van der Waals surface area contributed by atoms with Crippen molar-refractivity contribution in [1.29, 1.82) is 0 Å². The number of fused-ring (bicyclic) bond motifs is 1. The van der Waals surface area contributed by atoms with E-state index in [0.29, 0.717) is 56.1 Å². The van der Waals surface area contributed by atoms with Gasteiger partial charge < -0.3 is 19.4 Å². The number of hydrogen-bond acceptors (Lipinski definition) is 5. The first-order valence-electron chi connectivity index (χ1n) is 14.2. The third-order valence-electron chi connectivity index (χ3n) is 7.44. The Labute approximate surface area is 233 Å². The zero-order valence-corrected chi connectivity index (χ0v) is 24.5. The fraction of sp³-hybridized carbons (Fsp3) is 0.600. The van der Waals surface area contributed by atoms with Crippen molar-refractivity contribution < 1.29 is 19.1 Å². The van der Waals surface area contributed by atoms with E-state index in [9.17, 15) is 14.4 Å². The molecule has 1 aliphatic rings. The van der Waals surface area contributed by atoms with Crippen LogP contribution in [0.5, 0.6) is 5.75 Å². The highest BCUT2D eigenvalue weighted by atomic mass is 16.5. The highest BCUT2D eigenvalue weighted by Gasteiger charge is 2.31. The van der Waals surface area contributed by atoms with Crippen molar-refractivity contribution in [2.45, 2.75) is 77.8 Å². The van der Waals surface area contributed by atoms with Gasteiger partial charge in [0.2, 0.25) is 5.91 Å². The molecule has 3 rings (SSSR count). The lowest BCUT2D eigenvalue weighted by molar-refractivity contribution is -0.134. The van der Waals surface area contributed by atoms with E-state index in [1.165, 1.54) is 0 Å². The maximum Gasteiger partial charge on any atom is 0.271 e. The van der Waals surface area contributed by atoms with Crippen LogP contribution in [0.2, 0.25) is 0 Å². The van der Waals surface area contributed by atoms with Gasteiger partial charge in [0, 0.05) is 40.8 Å². The van der Waals surface area contributed by atoms with Crippen LogP contribution in [-0.2, 0) is 11.3 Å². The molecule has 2 heterocycles. The summed E-state index contributed by atoms with van der Waals surface area (Å²) in [6.07, 6.45) is 4.63. The number of carbonyl (C=O) groups is 3. The molecule has 214 valence electrons. The number of ether oxygens (including phenoxy) is 1. The lowest BCUT2D eigenvalue weighted by Crippen LogP contribution is -2.48. The van der Waals surface area contributed by atoms with Crippen LogP contribution in [0.15, 0.2) is 30.3 Å². The third-order valence-corrected chi connectivity index (χ3v) is 7.44. The van der Waals surface area contributed by atoms with Crippen molar-refractivity contribution in [3.8, 4) is 5.75 Å². The van der Waals surface area contributed by atoms with Gasteiger partial charge in [-0.25, -0.2) is 0 Å². The number of hydrogen-bond donors (Lipinski definition) is 0. The van der Waals surface area contributed by atoms with Crippen LogP contribution >= 0.6 is 0 Å². The Morgan fingerprint density at radius 1 is 1.13 bits per heavy atom. The highest BCUT2D eigenvalue weighted by Crippen LogP contribution is 2.23. The maximum atomic E-state index is 13.5. The third kappa shape index (κ3) is 7.61. The van der Waals surface area contributed by atoms with Gasteiger partial charge in [0.05, 0.1) is 17.9 Å². The summed E-state index contributed by atoms with van der Waals surface area (Å²) in [5.74, 6) is 0.468. The molecule has 3 amide bonds. The summed E-state index contributed by atoms with van der Waals surface area (Å²) in [4.78, 5) is 45.2. The molecule has 0 saturated carbocycles. The van der Waals surface area contributed by atoms with Crippen molar-refractivity contribution in [2.75, 3.05) is 40.8 Å². The minimum Gasteiger partial charge on any atom is -0.493 e. The number of carbonyl (C=O) groups excluding carboxylic acids is 3. The van der Waals surface area contributed by atoms with E-state index in [0.717, 1.165) is 31.4 Å². The van der Waals surface area contributed by atoms with E-state index in [-0.39, 0.29) is 23.6 Å². The molecule has 9 heteroatoms. The monoisotopic (exact) mass is 539 g/mol. The van der Waals surface area contributed by atoms with Crippen molar-refractivity contribution in [3.63, 3.8) is 0 Å². The number of nitrogens with zero attached hydrogens (tertiary/aromatic N) is 5. The second-order valence-electron chi connectivity index (χ2n) is 10.7. The molecular formula is C30H45N5O4. The molecule has 0 aliphatic carbocycles. The number of para-hydroxylation sites is 1. The molecule has 39 heavy (non-hydrogen) atoms. The van der Waals surface area contributed by atoms with E-state index in [1.807, 2.05) is 38.2 Å². The average molecular weight is 540 g/mol. The van der Waals surface area contributed by atoms with Gasteiger partial charge in [-0.15, -0.1) is 0 Å². The molecule has 0 N–H and O–H groups in total. The second-order valence-corrected chi connectivity index (χ2v) is 10.7. The smallest absolute Gasteiger partial charge is 0.271 e. The highest BCUT2D eigenvalue weighted by molar-refractivity contribution is 5.99. The first kappa shape index (κ1) is 30.2. The summed E-state index contributed by atoms with van der Waals surface area (Å²) in [6.45, 7) is 8.48. The van der Waals surface area contributed by atoms with Crippen LogP contribution in [0.3, 0.4) is 0 Å². The van der Waals surface area contributed by atoms with Crippen molar-refractivity contribution in [1.82, 2.24) is 24.5 Å². The Morgan fingerprint density at radius 3 is 2.59 bits per heavy atom. The molecule has 1 aromatic carbocycles. The van der Waals surface area contributed by atoms with E-state index in [4.69, 9.17) is 4.74 Å². The lowest BCUT2D eigenvalue weighted by Gasteiger charge is -2.31. The Balaban J connectivity index is 1.68. The predicted molar refractivity (Wildman–Crippen MR) is 152 cm³/mol. The van der Waals surface area contributed by atoms with Gasteiger partial charge >= 0.3 is 0 Å². The first-order chi connectivity index (χ1) is 18.6. The van der Waals surface area contributed by atoms with Gasteiger partial charge in [0.25, 0.3) is 11.8 Å². The Bertz CT molecular complexity index is 1130. The maximum absolute atomic E-state index is 13.5. The SMILES string of the molecule is CCn1nc(C(C)C)cc1C(=O)N(C)CCCC[C@H]1C(=O)N(C)CCCCCOc2ccccc2C(=O)N1C. The van der Waals surface area contributed by atoms with Crippen LogP contribution in [-0.4, -0.2) is 89.1 Å². The fourth-order valence-electron chi connectivity index (χ4n) is 4.87. The minimum absolute atomic E-state index is 0.0546. The number of aryl methyl sites for hydroxylation is 1. The summed E-state index contributed by atoms with van der Waals surface area (Å²) >= 11 is 0. The van der Waals surface area contributed by atoms with Crippen molar-refractivity contribution in [2.24, 2.45) is 0 Å². The minimum atomic E-state index is -0.590. The number of benzene rings is 1. The van der Waals surface area contributed by atoms with E-state index >= 15 is 0 Å². The van der Waals surface area contributed by atoms with Crippen LogP contribution in [0, 0.1) is 0 Å². The molecule has 0 unspecified atom stereocenters. The fourth-order valence-corrected chi connectivity index (χ4v) is 4.87. The van der Waals surface area contributed by atoms with Crippen LogP contribution < -0.4 is 4.74 Å². The van der Waals surface area contributed by atoms with E-state index < -0.39 is 6.04 Å². The van der Waals surface area contributed by atoms with Gasteiger partial charge in [0.1, 0.15) is 17.5 Å². The molecule has 1 atom stereocenters. The van der Waals surface area contributed by atoms with E-state index in [1.54, 1.807) is 39.5 Å². The van der Waals surface area contributed by atoms with Crippen molar-refractivity contribution in [3.05, 3.63) is 47.3 Å². The number of unbranched alkanes of at least 4 members (excludes halogenated alkanes) is 1. The Hall–Kier alpha value is -3.36. The normalized spacial score (nSPS) is 17.3. The van der Waals surface area contributed by atoms with Gasteiger partial charge in [-0.2, -0.15) is 5.10 Å². The van der Waals surface area contributed by atoms with Gasteiger partial charge in [-0.1, -0.05) is 26.0 Å². The zero-order chi connectivity index (χ0) is 28.5. The van der Waals surface area contributed by atoms with Crippen molar-refractivity contribution >= 4 is 17.7 Å². The summed E-state index contributed by atoms with van der Waals surface area (Å²) in [5.41, 5.74) is 1.98. The second kappa shape index (κ2) is 14.1. The predicted octanol–water partition coefficient (Wildman–Crippen LogP) is 4.43. The number of amides is 3. The molecule has 0 spiro atoms. The molecule has 0 fully saturated rings. The van der Waals surface area contributed by atoms with Gasteiger partial charge in [-0.05, 0) is 69.6 Å². The summed E-state index contributed by atoms with van der Waals surface area (Å²) < 4.78 is 7.70. The van der Waals surface area contributed by atoms with Gasteiger partial charge in [-0.3, -0.25) is 19.1 Å². The summed E-state index contributed by atoms with van der Waals surface area (Å²) in [7, 11) is 5.31. The van der Waals surface area contributed by atoms with Crippen LogP contribution in [0.4, 0.5) is 0 Å². The standard InChI is InChI=1S/C30H45N5O4/c1-7-35-26(21-24(31-35)22(2)3)30(38)33(5)19-13-11-16-25-29(37)32(4)18-12-8-14-20-39-27-17-10-9-15-23(27)28(36)34(25)6/h9-10,15,17,21-22,25H,7-8,11-14,16,18-20H2,1-6H3/t25-/m0/s1. The molecule has 9 nitrogen and oxygen atoms in total. The topological polar surface area (TPSA) is 88.0 Å². The summed E-state index contributed by atoms with van der Waals surface area (Å²) in [6, 6.07) is 8.53. The zero-order valence-electron chi connectivity index (χ0n) is 24.5. The molecule has 0 bridgehead atoms. The quantitative estimate of drug-likeness (QED) is 0.463.